The number of hydrogen-bond donors (Lipinski definition) is 0. The molecule has 0 unspecified atom stereocenters. The molecule has 0 heterocycles. The van der Waals surface area contributed by atoms with E-state index >= 15 is 0 Å². The van der Waals surface area contributed by atoms with Crippen LogP contribution >= 0.6 is 0 Å². The average molecular weight is 391 g/mol. The van der Waals surface area contributed by atoms with E-state index in [4.69, 9.17) is 0 Å². The van der Waals surface area contributed by atoms with Crippen molar-refractivity contribution in [1.82, 2.24) is 9.80 Å². The van der Waals surface area contributed by atoms with Crippen LogP contribution in [0.4, 0.5) is 0 Å². The predicted octanol–water partition coefficient (Wildman–Crippen LogP) is 5.98. The van der Waals surface area contributed by atoms with Gasteiger partial charge in [-0.1, -0.05) is 54.1 Å². The largest absolute Gasteiger partial charge is 0.309 e. The van der Waals surface area contributed by atoms with Crippen molar-refractivity contribution in [3.63, 3.8) is 0 Å². The first-order valence-corrected chi connectivity index (χ1v) is 11.1. The second-order valence-electron chi connectivity index (χ2n) is 9.25. The van der Waals surface area contributed by atoms with Gasteiger partial charge >= 0.3 is 0 Å². The summed E-state index contributed by atoms with van der Waals surface area (Å²) in [4.78, 5) is 4.63. The summed E-state index contributed by atoms with van der Waals surface area (Å²) >= 11 is 0. The highest BCUT2D eigenvalue weighted by atomic mass is 15.1. The molecule has 2 heteroatoms. The maximum Gasteiger partial charge on any atom is 0.0216 e. The minimum absolute atomic E-state index is 0.125. The van der Waals surface area contributed by atoms with E-state index in [1.54, 1.807) is 11.1 Å². The molecule has 0 amide bonds. The molecule has 1 aliphatic rings. The lowest BCUT2D eigenvalue weighted by atomic mass is 9.70. The minimum Gasteiger partial charge on any atom is -0.309 e. The molecule has 156 valence electrons. The first-order chi connectivity index (χ1) is 13.9. The van der Waals surface area contributed by atoms with Gasteiger partial charge in [0.05, 0.1) is 0 Å². The highest BCUT2D eigenvalue weighted by Gasteiger charge is 2.42. The SMILES string of the molecule is C/C=C/c1ccc2c(c1)C(CCCN(C)C)(CCCN(C)C)c1cc(C)ccc1-2. The van der Waals surface area contributed by atoms with Crippen molar-refractivity contribution in [3.8, 4) is 11.1 Å². The molecule has 0 spiro atoms. The standard InChI is InChI=1S/C27H38N2/c1-7-10-22-12-14-24-23-13-11-21(2)19-25(23)27(26(24)20-22,15-8-17-28(3)4)16-9-18-29(5)6/h7,10-14,19-20H,8-9,15-18H2,1-6H3/b10-7+. The maximum absolute atomic E-state index is 2.47. The lowest BCUT2D eigenvalue weighted by Gasteiger charge is -2.34. The van der Waals surface area contributed by atoms with E-state index in [2.05, 4.69) is 100 Å². The van der Waals surface area contributed by atoms with Crippen LogP contribution in [0.3, 0.4) is 0 Å². The molecule has 29 heavy (non-hydrogen) atoms. The van der Waals surface area contributed by atoms with Gasteiger partial charge in [-0.3, -0.25) is 0 Å². The number of fused-ring (bicyclic) bond motifs is 3. The van der Waals surface area contributed by atoms with E-state index in [9.17, 15) is 0 Å². The Hall–Kier alpha value is -1.90. The molecule has 0 aliphatic heterocycles. The quantitative estimate of drug-likeness (QED) is 0.520. The molecule has 0 atom stereocenters. The van der Waals surface area contributed by atoms with Crippen molar-refractivity contribution >= 4 is 6.08 Å². The smallest absolute Gasteiger partial charge is 0.0216 e. The van der Waals surface area contributed by atoms with Crippen LogP contribution in [-0.4, -0.2) is 51.1 Å². The fraction of sp³-hybridized carbons (Fsp3) is 0.481. The van der Waals surface area contributed by atoms with Gasteiger partial charge in [-0.25, -0.2) is 0 Å². The first-order valence-electron chi connectivity index (χ1n) is 11.1. The molecule has 0 fully saturated rings. The Morgan fingerprint density at radius 1 is 0.793 bits per heavy atom. The molecule has 0 radical (unpaired) electrons. The monoisotopic (exact) mass is 390 g/mol. The lowest BCUT2D eigenvalue weighted by molar-refractivity contribution is 0.328. The summed E-state index contributed by atoms with van der Waals surface area (Å²) in [5.41, 5.74) is 8.82. The van der Waals surface area contributed by atoms with Crippen molar-refractivity contribution < 1.29 is 0 Å². The highest BCUT2D eigenvalue weighted by molar-refractivity contribution is 5.82. The molecule has 0 N–H and O–H groups in total. The van der Waals surface area contributed by atoms with Gasteiger partial charge in [0, 0.05) is 5.41 Å². The van der Waals surface area contributed by atoms with E-state index in [1.165, 1.54) is 47.9 Å². The molecular weight excluding hydrogens is 352 g/mol. The van der Waals surface area contributed by atoms with Crippen LogP contribution < -0.4 is 0 Å². The third-order valence-corrected chi connectivity index (χ3v) is 6.32. The summed E-state index contributed by atoms with van der Waals surface area (Å²) in [7, 11) is 8.74. The zero-order valence-electron chi connectivity index (χ0n) is 19.3. The zero-order chi connectivity index (χ0) is 21.0. The van der Waals surface area contributed by atoms with Crippen LogP contribution in [0.2, 0.25) is 0 Å². The summed E-state index contributed by atoms with van der Waals surface area (Å²) in [6.45, 7) is 6.62. The summed E-state index contributed by atoms with van der Waals surface area (Å²) in [6, 6.07) is 14.2. The van der Waals surface area contributed by atoms with Gasteiger partial charge in [0.25, 0.3) is 0 Å². The third kappa shape index (κ3) is 4.65. The Bertz CT molecular complexity index is 847. The molecule has 0 aromatic heterocycles. The molecule has 2 nitrogen and oxygen atoms in total. The predicted molar refractivity (Wildman–Crippen MR) is 128 cm³/mol. The number of nitrogens with zero attached hydrogens (tertiary/aromatic N) is 2. The molecule has 3 rings (SSSR count). The molecule has 2 aromatic rings. The molecule has 1 aliphatic carbocycles. The van der Waals surface area contributed by atoms with Gasteiger partial charge in [0.2, 0.25) is 0 Å². The number of benzene rings is 2. The van der Waals surface area contributed by atoms with E-state index in [0.29, 0.717) is 0 Å². The summed E-state index contributed by atoms with van der Waals surface area (Å²) in [5, 5.41) is 0. The van der Waals surface area contributed by atoms with Crippen LogP contribution in [-0.2, 0) is 5.41 Å². The van der Waals surface area contributed by atoms with Crippen molar-refractivity contribution in [2.24, 2.45) is 0 Å². The summed E-state index contributed by atoms with van der Waals surface area (Å²) in [6.07, 6.45) is 9.24. The van der Waals surface area contributed by atoms with Crippen molar-refractivity contribution in [2.75, 3.05) is 41.3 Å². The second kappa shape index (κ2) is 9.28. The molecular formula is C27H38N2. The van der Waals surface area contributed by atoms with E-state index in [0.717, 1.165) is 13.1 Å². The van der Waals surface area contributed by atoms with Gasteiger partial charge in [0.15, 0.2) is 0 Å². The average Bonchev–Trinajstić information content (AvgIpc) is 2.91. The topological polar surface area (TPSA) is 6.48 Å². The maximum atomic E-state index is 2.47. The van der Waals surface area contributed by atoms with Crippen molar-refractivity contribution in [1.29, 1.82) is 0 Å². The molecule has 0 bridgehead atoms. The van der Waals surface area contributed by atoms with Gasteiger partial charge in [-0.15, -0.1) is 0 Å². The van der Waals surface area contributed by atoms with Crippen LogP contribution in [0.1, 0.15) is 54.9 Å². The van der Waals surface area contributed by atoms with Crippen LogP contribution in [0, 0.1) is 6.92 Å². The molecule has 0 saturated carbocycles. The fourth-order valence-corrected chi connectivity index (χ4v) is 4.98. The Balaban J connectivity index is 2.12. The second-order valence-corrected chi connectivity index (χ2v) is 9.25. The van der Waals surface area contributed by atoms with Crippen LogP contribution in [0.5, 0.6) is 0 Å². The summed E-state index contributed by atoms with van der Waals surface area (Å²) < 4.78 is 0. The van der Waals surface area contributed by atoms with Crippen LogP contribution in [0.15, 0.2) is 42.5 Å². The van der Waals surface area contributed by atoms with Gasteiger partial charge in [-0.2, -0.15) is 0 Å². The van der Waals surface area contributed by atoms with Crippen LogP contribution in [0.25, 0.3) is 17.2 Å². The number of rotatable bonds is 9. The Kier molecular flexibility index (Phi) is 6.97. The normalized spacial score (nSPS) is 14.8. The lowest BCUT2D eigenvalue weighted by Crippen LogP contribution is -2.29. The van der Waals surface area contributed by atoms with E-state index in [1.807, 2.05) is 0 Å². The Morgan fingerprint density at radius 3 is 1.90 bits per heavy atom. The van der Waals surface area contributed by atoms with E-state index < -0.39 is 0 Å². The first kappa shape index (κ1) is 21.8. The van der Waals surface area contributed by atoms with E-state index in [-0.39, 0.29) is 5.41 Å². The van der Waals surface area contributed by atoms with Crippen molar-refractivity contribution in [2.45, 2.75) is 44.9 Å². The fourth-order valence-electron chi connectivity index (χ4n) is 4.98. The molecule has 2 aromatic carbocycles. The Labute approximate surface area is 178 Å². The number of hydrogen-bond acceptors (Lipinski definition) is 2. The van der Waals surface area contributed by atoms with Gasteiger partial charge in [0.1, 0.15) is 0 Å². The Morgan fingerprint density at radius 2 is 1.34 bits per heavy atom. The van der Waals surface area contributed by atoms with Crippen molar-refractivity contribution in [3.05, 3.63) is 64.7 Å². The minimum atomic E-state index is 0.125. The zero-order valence-corrected chi connectivity index (χ0v) is 19.3. The van der Waals surface area contributed by atoms with Gasteiger partial charge in [-0.05, 0) is 109 Å². The molecule has 0 saturated heterocycles. The number of allylic oxidation sites excluding steroid dienone is 1. The highest BCUT2D eigenvalue weighted by Crippen LogP contribution is 2.54. The number of aryl methyl sites for hydroxylation is 1. The third-order valence-electron chi connectivity index (χ3n) is 6.32. The summed E-state index contributed by atoms with van der Waals surface area (Å²) in [5.74, 6) is 0. The van der Waals surface area contributed by atoms with Gasteiger partial charge < -0.3 is 9.80 Å².